The number of nitrogens with one attached hydrogen (secondary N) is 1. The first kappa shape index (κ1) is 15.2. The molecule has 1 aromatic heterocycles. The molecule has 0 bridgehead atoms. The second-order valence-corrected chi connectivity index (χ2v) is 5.31. The van der Waals surface area contributed by atoms with E-state index in [0.29, 0.717) is 33.3 Å². The first-order valence-electron chi connectivity index (χ1n) is 6.84. The maximum atomic E-state index is 12.9. The minimum Gasteiger partial charge on any atom is -0.360 e. The lowest BCUT2D eigenvalue weighted by Crippen LogP contribution is -2.13. The molecule has 0 unspecified atom stereocenters. The number of anilines is 1. The first-order valence-corrected chi connectivity index (χ1v) is 7.22. The summed E-state index contributed by atoms with van der Waals surface area (Å²) in [4.78, 5) is 12.5. The van der Waals surface area contributed by atoms with Crippen molar-refractivity contribution in [3.8, 4) is 11.3 Å². The van der Waals surface area contributed by atoms with Crippen molar-refractivity contribution < 1.29 is 13.7 Å². The Kier molecular flexibility index (Phi) is 4.12. The van der Waals surface area contributed by atoms with E-state index in [1.165, 1.54) is 24.3 Å². The van der Waals surface area contributed by atoms with Crippen molar-refractivity contribution in [2.24, 2.45) is 0 Å². The van der Waals surface area contributed by atoms with Crippen molar-refractivity contribution in [2.45, 2.75) is 6.92 Å². The maximum Gasteiger partial charge on any atom is 0.261 e. The number of carbonyl (C=O) groups is 1. The van der Waals surface area contributed by atoms with Crippen LogP contribution >= 0.6 is 11.6 Å². The number of nitrogens with zero attached hydrogens (tertiary/aromatic N) is 1. The van der Waals surface area contributed by atoms with Crippen molar-refractivity contribution in [1.82, 2.24) is 5.16 Å². The van der Waals surface area contributed by atoms with E-state index < -0.39 is 5.91 Å². The van der Waals surface area contributed by atoms with Gasteiger partial charge in [0.15, 0.2) is 0 Å². The average Bonchev–Trinajstić information content (AvgIpc) is 2.91. The van der Waals surface area contributed by atoms with Gasteiger partial charge in [-0.1, -0.05) is 35.0 Å². The summed E-state index contributed by atoms with van der Waals surface area (Å²) in [5.74, 6) is -0.397. The molecule has 1 N–H and O–H groups in total. The van der Waals surface area contributed by atoms with Crippen molar-refractivity contribution >= 4 is 23.2 Å². The largest absolute Gasteiger partial charge is 0.360 e. The molecule has 0 saturated carbocycles. The topological polar surface area (TPSA) is 55.1 Å². The van der Waals surface area contributed by atoms with Gasteiger partial charge in [0.2, 0.25) is 0 Å². The highest BCUT2D eigenvalue weighted by Gasteiger charge is 2.23. The second-order valence-electron chi connectivity index (χ2n) is 4.90. The quantitative estimate of drug-likeness (QED) is 0.757. The van der Waals surface area contributed by atoms with Crippen LogP contribution in [0.4, 0.5) is 10.1 Å². The maximum absolute atomic E-state index is 12.9. The molecule has 0 radical (unpaired) electrons. The molecule has 0 spiro atoms. The monoisotopic (exact) mass is 330 g/mol. The summed E-state index contributed by atoms with van der Waals surface area (Å²) in [7, 11) is 0. The van der Waals surface area contributed by atoms with E-state index in [-0.39, 0.29) is 5.82 Å². The summed E-state index contributed by atoms with van der Waals surface area (Å²) in [6.07, 6.45) is 0. The third-order valence-corrected chi connectivity index (χ3v) is 3.65. The van der Waals surface area contributed by atoms with Crippen LogP contribution in [0.5, 0.6) is 0 Å². The summed E-state index contributed by atoms with van der Waals surface area (Å²) in [6, 6.07) is 12.5. The molecule has 23 heavy (non-hydrogen) atoms. The fourth-order valence-electron chi connectivity index (χ4n) is 2.20. The molecule has 0 aliphatic rings. The Morgan fingerprint density at radius 2 is 1.87 bits per heavy atom. The molecule has 3 aromatic rings. The number of halogens is 2. The molecule has 0 saturated heterocycles. The molecule has 0 fully saturated rings. The number of benzene rings is 2. The highest BCUT2D eigenvalue weighted by molar-refractivity contribution is 6.33. The number of amides is 1. The summed E-state index contributed by atoms with van der Waals surface area (Å²) in [5.41, 5.74) is 1.74. The van der Waals surface area contributed by atoms with Crippen molar-refractivity contribution in [2.75, 3.05) is 5.32 Å². The van der Waals surface area contributed by atoms with E-state index in [4.69, 9.17) is 16.1 Å². The lowest BCUT2D eigenvalue weighted by Gasteiger charge is -2.06. The van der Waals surface area contributed by atoms with Crippen LogP contribution in [-0.4, -0.2) is 11.1 Å². The predicted molar refractivity (Wildman–Crippen MR) is 86.0 cm³/mol. The highest BCUT2D eigenvalue weighted by atomic mass is 35.5. The van der Waals surface area contributed by atoms with Gasteiger partial charge in [-0.2, -0.15) is 0 Å². The molecule has 4 nitrogen and oxygen atoms in total. The van der Waals surface area contributed by atoms with E-state index in [2.05, 4.69) is 10.5 Å². The predicted octanol–water partition coefficient (Wildman–Crippen LogP) is 4.69. The molecule has 1 amide bonds. The minimum atomic E-state index is -0.398. The molecule has 3 rings (SSSR count). The van der Waals surface area contributed by atoms with Crippen LogP contribution in [0.15, 0.2) is 53.1 Å². The smallest absolute Gasteiger partial charge is 0.261 e. The van der Waals surface area contributed by atoms with Crippen molar-refractivity contribution in [3.63, 3.8) is 0 Å². The van der Waals surface area contributed by atoms with Crippen LogP contribution in [0.25, 0.3) is 11.3 Å². The van der Waals surface area contributed by atoms with Crippen LogP contribution in [0.1, 0.15) is 16.1 Å². The molecule has 0 aliphatic heterocycles. The van der Waals surface area contributed by atoms with Gasteiger partial charge in [0, 0.05) is 11.3 Å². The molecule has 1 heterocycles. The standard InChI is InChI=1S/C17H12ClFN2O2/c1-10-15(17(22)20-12-8-6-11(19)7-9-12)16(21-23-10)13-4-2-3-5-14(13)18/h2-9H,1H3,(H,20,22). The lowest BCUT2D eigenvalue weighted by atomic mass is 10.1. The Morgan fingerprint density at radius 1 is 1.17 bits per heavy atom. The van der Waals surface area contributed by atoms with Crippen LogP contribution in [0, 0.1) is 12.7 Å². The molecule has 0 aliphatic carbocycles. The van der Waals surface area contributed by atoms with E-state index in [1.54, 1.807) is 31.2 Å². The summed E-state index contributed by atoms with van der Waals surface area (Å²) >= 11 is 6.17. The Balaban J connectivity index is 1.97. The van der Waals surface area contributed by atoms with Gasteiger partial charge in [-0.25, -0.2) is 4.39 Å². The zero-order valence-corrected chi connectivity index (χ0v) is 12.9. The molecule has 6 heteroatoms. The molecular formula is C17H12ClFN2O2. The Labute approximate surface area is 136 Å². The van der Waals surface area contributed by atoms with Gasteiger partial charge >= 0.3 is 0 Å². The van der Waals surface area contributed by atoms with Crippen LogP contribution in [0.3, 0.4) is 0 Å². The zero-order valence-electron chi connectivity index (χ0n) is 12.1. The van der Waals surface area contributed by atoms with Gasteiger partial charge in [0.05, 0.1) is 5.02 Å². The van der Waals surface area contributed by atoms with Gasteiger partial charge in [0.1, 0.15) is 22.8 Å². The van der Waals surface area contributed by atoms with Gasteiger partial charge in [-0.15, -0.1) is 0 Å². The van der Waals surface area contributed by atoms with Gasteiger partial charge in [-0.3, -0.25) is 4.79 Å². The Morgan fingerprint density at radius 3 is 2.57 bits per heavy atom. The van der Waals surface area contributed by atoms with Gasteiger partial charge < -0.3 is 9.84 Å². The first-order chi connectivity index (χ1) is 11.1. The average molecular weight is 331 g/mol. The lowest BCUT2D eigenvalue weighted by molar-refractivity contribution is 0.102. The van der Waals surface area contributed by atoms with Crippen molar-refractivity contribution in [1.29, 1.82) is 0 Å². The normalized spacial score (nSPS) is 10.6. The fraction of sp³-hybridized carbons (Fsp3) is 0.0588. The van der Waals surface area contributed by atoms with Gasteiger partial charge in [-0.05, 0) is 37.3 Å². The van der Waals surface area contributed by atoms with Crippen molar-refractivity contribution in [3.05, 3.63) is 70.7 Å². The number of hydrogen-bond donors (Lipinski definition) is 1. The van der Waals surface area contributed by atoms with Crippen LogP contribution < -0.4 is 5.32 Å². The van der Waals surface area contributed by atoms with Crippen LogP contribution in [-0.2, 0) is 0 Å². The number of aromatic nitrogens is 1. The summed E-state index contributed by atoms with van der Waals surface area (Å²) in [6.45, 7) is 1.65. The fourth-order valence-corrected chi connectivity index (χ4v) is 2.43. The molecule has 2 aromatic carbocycles. The highest BCUT2D eigenvalue weighted by Crippen LogP contribution is 2.31. The van der Waals surface area contributed by atoms with E-state index >= 15 is 0 Å². The number of rotatable bonds is 3. The van der Waals surface area contributed by atoms with Gasteiger partial charge in [0.25, 0.3) is 5.91 Å². The van der Waals surface area contributed by atoms with E-state index in [0.717, 1.165) is 0 Å². The zero-order chi connectivity index (χ0) is 16.4. The van der Waals surface area contributed by atoms with Crippen LogP contribution in [0.2, 0.25) is 5.02 Å². The number of hydrogen-bond acceptors (Lipinski definition) is 3. The molecular weight excluding hydrogens is 319 g/mol. The summed E-state index contributed by atoms with van der Waals surface area (Å²) in [5, 5.41) is 7.11. The molecule has 116 valence electrons. The molecule has 0 atom stereocenters. The van der Waals surface area contributed by atoms with E-state index in [9.17, 15) is 9.18 Å². The third kappa shape index (κ3) is 3.10. The third-order valence-electron chi connectivity index (χ3n) is 3.32. The minimum absolute atomic E-state index is 0.294. The second kappa shape index (κ2) is 6.22. The SMILES string of the molecule is Cc1onc(-c2ccccc2Cl)c1C(=O)Nc1ccc(F)cc1. The summed E-state index contributed by atoms with van der Waals surface area (Å²) < 4.78 is 18.1. The number of carbonyl (C=O) groups excluding carboxylic acids is 1. The number of aryl methyl sites for hydroxylation is 1. The van der Waals surface area contributed by atoms with E-state index in [1.807, 2.05) is 0 Å². The Hall–Kier alpha value is -2.66. The Bertz CT molecular complexity index is 859.